The summed E-state index contributed by atoms with van der Waals surface area (Å²) in [7, 11) is 0. The van der Waals surface area contributed by atoms with Crippen LogP contribution in [-0.2, 0) is 9.59 Å². The van der Waals surface area contributed by atoms with Crippen LogP contribution in [0.3, 0.4) is 0 Å². The van der Waals surface area contributed by atoms with Crippen molar-refractivity contribution in [3.8, 4) is 0 Å². The van der Waals surface area contributed by atoms with Crippen LogP contribution in [-0.4, -0.2) is 23.3 Å². The Labute approximate surface area is 101 Å². The summed E-state index contributed by atoms with van der Waals surface area (Å²) in [6.07, 6.45) is 5.77. The average Bonchev–Trinajstić information content (AvgIpc) is 2.96. The molecule has 3 nitrogen and oxygen atoms in total. The normalized spacial score (nSPS) is 34.9. The number of fused-ring (bicyclic) bond motifs is 4. The highest BCUT2D eigenvalue weighted by molar-refractivity contribution is 6.21. The molecule has 3 aliphatic rings. The Hall–Kier alpha value is -1.38. The molecule has 0 radical (unpaired) electrons. The molecule has 3 heteroatoms. The van der Waals surface area contributed by atoms with Crippen LogP contribution < -0.4 is 0 Å². The fraction of sp³-hybridized carbons (Fsp3) is 0.571. The third kappa shape index (κ3) is 1.12. The van der Waals surface area contributed by atoms with Gasteiger partial charge in [-0.3, -0.25) is 14.5 Å². The summed E-state index contributed by atoms with van der Waals surface area (Å²) in [5.74, 6) is 0.245. The van der Waals surface area contributed by atoms with Crippen LogP contribution in [0, 0.1) is 11.3 Å². The van der Waals surface area contributed by atoms with E-state index in [-0.39, 0.29) is 17.2 Å². The lowest BCUT2D eigenvalue weighted by Gasteiger charge is -2.27. The largest absolute Gasteiger partial charge is 0.271 e. The minimum Gasteiger partial charge on any atom is -0.271 e. The van der Waals surface area contributed by atoms with E-state index in [9.17, 15) is 9.59 Å². The summed E-state index contributed by atoms with van der Waals surface area (Å²) in [6.45, 7) is 6.09. The number of likely N-dealkylation sites (tertiary alicyclic amines) is 1. The Morgan fingerprint density at radius 2 is 2.24 bits per heavy atom. The third-order valence-corrected chi connectivity index (χ3v) is 4.74. The molecule has 0 aromatic rings. The lowest BCUT2D eigenvalue weighted by atomic mass is 9.77. The minimum absolute atomic E-state index is 0.0165. The molecule has 3 rings (SSSR count). The molecular weight excluding hydrogens is 214 g/mol. The summed E-state index contributed by atoms with van der Waals surface area (Å²) in [6, 6.07) is 0. The fourth-order valence-electron chi connectivity index (χ4n) is 3.88. The number of imide groups is 1. The van der Waals surface area contributed by atoms with Crippen LogP contribution in [0.15, 0.2) is 23.8 Å². The molecule has 0 aromatic carbocycles. The molecule has 0 aromatic heterocycles. The molecule has 2 aliphatic carbocycles. The highest BCUT2D eigenvalue weighted by Gasteiger charge is 2.58. The number of nitrogens with zero attached hydrogens (tertiary/aromatic N) is 1. The Balaban J connectivity index is 2.06. The maximum absolute atomic E-state index is 12.3. The van der Waals surface area contributed by atoms with E-state index in [0.717, 1.165) is 36.8 Å². The van der Waals surface area contributed by atoms with E-state index < -0.39 is 0 Å². The zero-order valence-corrected chi connectivity index (χ0v) is 10.2. The highest BCUT2D eigenvalue weighted by atomic mass is 16.2. The molecule has 2 unspecified atom stereocenters. The van der Waals surface area contributed by atoms with Gasteiger partial charge in [0.15, 0.2) is 0 Å². The van der Waals surface area contributed by atoms with Crippen molar-refractivity contribution in [2.75, 3.05) is 6.54 Å². The van der Waals surface area contributed by atoms with Crippen LogP contribution in [0.4, 0.5) is 0 Å². The lowest BCUT2D eigenvalue weighted by Crippen LogP contribution is -2.35. The van der Waals surface area contributed by atoms with Gasteiger partial charge < -0.3 is 0 Å². The van der Waals surface area contributed by atoms with Crippen molar-refractivity contribution in [1.82, 2.24) is 4.90 Å². The Morgan fingerprint density at radius 1 is 1.47 bits per heavy atom. The number of carbonyl (C=O) groups excluding carboxylic acids is 2. The van der Waals surface area contributed by atoms with Gasteiger partial charge in [0.1, 0.15) is 0 Å². The average molecular weight is 231 g/mol. The van der Waals surface area contributed by atoms with E-state index in [2.05, 4.69) is 13.5 Å². The van der Waals surface area contributed by atoms with E-state index in [4.69, 9.17) is 0 Å². The quantitative estimate of drug-likeness (QED) is 0.550. The predicted molar refractivity (Wildman–Crippen MR) is 64.0 cm³/mol. The van der Waals surface area contributed by atoms with Crippen molar-refractivity contribution in [2.24, 2.45) is 11.3 Å². The van der Waals surface area contributed by atoms with Gasteiger partial charge in [-0.15, -0.1) is 6.58 Å². The molecular formula is C14H17NO2. The summed E-state index contributed by atoms with van der Waals surface area (Å²) < 4.78 is 0. The molecule has 1 heterocycles. The summed E-state index contributed by atoms with van der Waals surface area (Å²) in [5.41, 5.74) is 1.70. The molecule has 2 amide bonds. The van der Waals surface area contributed by atoms with Gasteiger partial charge >= 0.3 is 0 Å². The molecule has 1 fully saturated rings. The number of hydrogen-bond acceptors (Lipinski definition) is 2. The highest BCUT2D eigenvalue weighted by Crippen LogP contribution is 2.61. The fourth-order valence-corrected chi connectivity index (χ4v) is 3.88. The molecule has 0 saturated heterocycles. The van der Waals surface area contributed by atoms with E-state index in [1.807, 2.05) is 0 Å². The second-order valence-electron chi connectivity index (χ2n) is 5.37. The number of amides is 2. The first-order chi connectivity index (χ1) is 8.14. The molecule has 1 aliphatic heterocycles. The van der Waals surface area contributed by atoms with E-state index >= 15 is 0 Å². The zero-order chi connectivity index (χ0) is 12.2. The van der Waals surface area contributed by atoms with Crippen molar-refractivity contribution >= 4 is 11.8 Å². The van der Waals surface area contributed by atoms with E-state index in [1.165, 1.54) is 4.90 Å². The molecule has 17 heavy (non-hydrogen) atoms. The van der Waals surface area contributed by atoms with Gasteiger partial charge in [-0.1, -0.05) is 13.0 Å². The molecule has 2 bridgehead atoms. The van der Waals surface area contributed by atoms with Crippen molar-refractivity contribution < 1.29 is 9.59 Å². The molecule has 90 valence electrons. The van der Waals surface area contributed by atoms with Crippen LogP contribution >= 0.6 is 0 Å². The standard InChI is InChI=1S/C14H17NO2/c1-3-7-15-12(16)10-9-5-6-14(4-2,8-9)11(10)13(15)17/h3,9H,1,4-8H2,2H3. The SMILES string of the molecule is C=CCN1C(=O)C2=C(C1=O)C1(CC)CCC2C1. The molecule has 0 spiro atoms. The topological polar surface area (TPSA) is 37.4 Å². The Morgan fingerprint density at radius 3 is 2.88 bits per heavy atom. The Kier molecular flexibility index (Phi) is 2.09. The zero-order valence-electron chi connectivity index (χ0n) is 10.2. The minimum atomic E-state index is -0.0510. The summed E-state index contributed by atoms with van der Waals surface area (Å²) in [5, 5.41) is 0. The van der Waals surface area contributed by atoms with Crippen LogP contribution in [0.1, 0.15) is 32.6 Å². The van der Waals surface area contributed by atoms with Crippen molar-refractivity contribution in [1.29, 1.82) is 0 Å². The van der Waals surface area contributed by atoms with Crippen LogP contribution in [0.2, 0.25) is 0 Å². The van der Waals surface area contributed by atoms with Crippen molar-refractivity contribution in [2.45, 2.75) is 32.6 Å². The van der Waals surface area contributed by atoms with E-state index in [1.54, 1.807) is 6.08 Å². The van der Waals surface area contributed by atoms with Gasteiger partial charge in [0.2, 0.25) is 0 Å². The maximum Gasteiger partial charge on any atom is 0.258 e. The summed E-state index contributed by atoms with van der Waals surface area (Å²) in [4.78, 5) is 25.9. The molecule has 2 atom stereocenters. The van der Waals surface area contributed by atoms with Crippen molar-refractivity contribution in [3.05, 3.63) is 23.8 Å². The molecule has 0 N–H and O–H groups in total. The first kappa shape index (κ1) is 10.8. The second-order valence-corrected chi connectivity index (χ2v) is 5.37. The first-order valence-corrected chi connectivity index (χ1v) is 6.36. The van der Waals surface area contributed by atoms with Gasteiger partial charge in [0.05, 0.1) is 0 Å². The van der Waals surface area contributed by atoms with Crippen molar-refractivity contribution in [3.63, 3.8) is 0 Å². The van der Waals surface area contributed by atoms with E-state index in [0.29, 0.717) is 12.5 Å². The number of rotatable bonds is 3. The number of hydrogen-bond donors (Lipinski definition) is 0. The summed E-state index contributed by atoms with van der Waals surface area (Å²) >= 11 is 0. The lowest BCUT2D eigenvalue weighted by molar-refractivity contribution is -0.137. The molecule has 1 saturated carbocycles. The maximum atomic E-state index is 12.3. The monoisotopic (exact) mass is 231 g/mol. The predicted octanol–water partition coefficient (Wildman–Crippen LogP) is 2.05. The smallest absolute Gasteiger partial charge is 0.258 e. The number of carbonyl (C=O) groups is 2. The van der Waals surface area contributed by atoms with Crippen LogP contribution in [0.5, 0.6) is 0 Å². The van der Waals surface area contributed by atoms with Gasteiger partial charge in [-0.25, -0.2) is 0 Å². The second kappa shape index (κ2) is 3.31. The van der Waals surface area contributed by atoms with Gasteiger partial charge in [-0.05, 0) is 31.6 Å². The van der Waals surface area contributed by atoms with Crippen LogP contribution in [0.25, 0.3) is 0 Å². The first-order valence-electron chi connectivity index (χ1n) is 6.36. The third-order valence-electron chi connectivity index (χ3n) is 4.74. The Bertz CT molecular complexity index is 463. The van der Waals surface area contributed by atoms with Gasteiger partial charge in [0, 0.05) is 23.1 Å². The van der Waals surface area contributed by atoms with Gasteiger partial charge in [-0.2, -0.15) is 0 Å². The van der Waals surface area contributed by atoms with Gasteiger partial charge in [0.25, 0.3) is 11.8 Å².